The minimum Gasteiger partial charge on any atom is -0.423 e. The fourth-order valence-corrected chi connectivity index (χ4v) is 2.11. The molecule has 0 atom stereocenters. The fraction of sp³-hybridized carbons (Fsp3) is 0.0769. The highest BCUT2D eigenvalue weighted by Crippen LogP contribution is 2.19. The van der Waals surface area contributed by atoms with Crippen molar-refractivity contribution in [1.82, 2.24) is 14.8 Å². The first-order valence-corrected chi connectivity index (χ1v) is 6.10. The van der Waals surface area contributed by atoms with Crippen LogP contribution in [0.2, 0.25) is 0 Å². The molecule has 3 aromatic rings. The van der Waals surface area contributed by atoms with Gasteiger partial charge in [0.2, 0.25) is 0 Å². The Balaban J connectivity index is 2.24. The van der Waals surface area contributed by atoms with Crippen LogP contribution in [-0.2, 0) is 4.65 Å². The molecule has 0 bridgehead atoms. The molecule has 1 N–H and O–H groups in total. The molecule has 0 aliphatic carbocycles. The number of pyridine rings is 1. The topological polar surface area (TPSA) is 60.2 Å². The molecule has 1 aromatic carbocycles. The third-order valence-corrected chi connectivity index (χ3v) is 3.13. The van der Waals surface area contributed by atoms with Crippen LogP contribution < -0.4 is 5.46 Å². The average molecular weight is 289 g/mol. The van der Waals surface area contributed by atoms with Gasteiger partial charge in [-0.2, -0.15) is 5.10 Å². The predicted molar refractivity (Wildman–Crippen MR) is 73.4 cm³/mol. The fourth-order valence-electron chi connectivity index (χ4n) is 2.11. The van der Waals surface area contributed by atoms with Crippen molar-refractivity contribution in [3.8, 4) is 5.69 Å². The molecular weight excluding hydrogens is 279 g/mol. The lowest BCUT2D eigenvalue weighted by Crippen LogP contribution is -2.32. The summed E-state index contributed by atoms with van der Waals surface area (Å²) in [6.45, 7) is 0. The smallest absolute Gasteiger partial charge is 0.423 e. The van der Waals surface area contributed by atoms with E-state index in [1.54, 1.807) is 6.07 Å². The van der Waals surface area contributed by atoms with Gasteiger partial charge in [0, 0.05) is 24.8 Å². The molecule has 106 valence electrons. The molecule has 0 saturated carbocycles. The Morgan fingerprint density at radius 1 is 1.29 bits per heavy atom. The normalized spacial score (nSPS) is 11.0. The van der Waals surface area contributed by atoms with Crippen molar-refractivity contribution in [2.75, 3.05) is 7.11 Å². The van der Waals surface area contributed by atoms with E-state index in [0.717, 1.165) is 18.2 Å². The van der Waals surface area contributed by atoms with E-state index >= 15 is 0 Å². The Kier molecular flexibility index (Phi) is 3.40. The van der Waals surface area contributed by atoms with Crippen molar-refractivity contribution in [2.45, 2.75) is 0 Å². The predicted octanol–water partition coefficient (Wildman–Crippen LogP) is 1.03. The third-order valence-electron chi connectivity index (χ3n) is 3.13. The summed E-state index contributed by atoms with van der Waals surface area (Å²) in [5.41, 5.74) is 0.695. The lowest BCUT2D eigenvalue weighted by Gasteiger charge is -2.07. The highest BCUT2D eigenvalue weighted by molar-refractivity contribution is 6.63. The molecule has 0 radical (unpaired) electrons. The quantitative estimate of drug-likeness (QED) is 0.732. The molecule has 3 rings (SSSR count). The first-order valence-electron chi connectivity index (χ1n) is 6.10. The SMILES string of the molecule is COB(O)c1ccnc2c1cnn2-c1cc(F)ccc1F. The van der Waals surface area contributed by atoms with Gasteiger partial charge in [0.25, 0.3) is 0 Å². The van der Waals surface area contributed by atoms with Crippen LogP contribution in [0.4, 0.5) is 8.78 Å². The lowest BCUT2D eigenvalue weighted by atomic mass is 9.78. The van der Waals surface area contributed by atoms with Gasteiger partial charge in [0.15, 0.2) is 5.65 Å². The second-order valence-electron chi connectivity index (χ2n) is 4.38. The first kappa shape index (κ1) is 13.7. The molecule has 2 aromatic heterocycles. The summed E-state index contributed by atoms with van der Waals surface area (Å²) < 4.78 is 33.2. The Morgan fingerprint density at radius 2 is 2.10 bits per heavy atom. The maximum Gasteiger partial charge on any atom is 0.491 e. The Bertz CT molecular complexity index is 809. The number of hydrogen-bond acceptors (Lipinski definition) is 4. The minimum atomic E-state index is -1.15. The number of nitrogens with zero attached hydrogens (tertiary/aromatic N) is 3. The van der Waals surface area contributed by atoms with Crippen LogP contribution in [0.3, 0.4) is 0 Å². The maximum absolute atomic E-state index is 13.9. The van der Waals surface area contributed by atoms with Gasteiger partial charge in [-0.05, 0) is 23.7 Å². The Morgan fingerprint density at radius 3 is 2.86 bits per heavy atom. The molecule has 2 heterocycles. The molecule has 21 heavy (non-hydrogen) atoms. The molecule has 0 aliphatic rings. The summed E-state index contributed by atoms with van der Waals surface area (Å²) in [5.74, 6) is -1.20. The van der Waals surface area contributed by atoms with Crippen LogP contribution in [0, 0.1) is 11.6 Å². The number of fused-ring (bicyclic) bond motifs is 1. The van der Waals surface area contributed by atoms with E-state index in [0.29, 0.717) is 16.5 Å². The standard InChI is InChI=1S/C13H10BF2N3O2/c1-21-14(20)10-4-5-17-13-9(10)7-18-19(13)12-6-8(15)2-3-11(12)16/h2-7,20H,1H3. The largest absolute Gasteiger partial charge is 0.491 e. The van der Waals surface area contributed by atoms with E-state index in [1.165, 1.54) is 24.2 Å². The van der Waals surface area contributed by atoms with Crippen molar-refractivity contribution in [3.05, 3.63) is 48.3 Å². The van der Waals surface area contributed by atoms with Gasteiger partial charge in [0.05, 0.1) is 6.20 Å². The van der Waals surface area contributed by atoms with E-state index in [9.17, 15) is 13.8 Å². The van der Waals surface area contributed by atoms with Gasteiger partial charge in [0.1, 0.15) is 17.3 Å². The van der Waals surface area contributed by atoms with Crippen molar-refractivity contribution < 1.29 is 18.5 Å². The van der Waals surface area contributed by atoms with Gasteiger partial charge in [-0.15, -0.1) is 0 Å². The van der Waals surface area contributed by atoms with Crippen LogP contribution in [0.1, 0.15) is 0 Å². The molecule has 0 fully saturated rings. The van der Waals surface area contributed by atoms with Crippen LogP contribution >= 0.6 is 0 Å². The van der Waals surface area contributed by atoms with Crippen molar-refractivity contribution in [1.29, 1.82) is 0 Å². The molecule has 5 nitrogen and oxygen atoms in total. The van der Waals surface area contributed by atoms with Crippen LogP contribution in [-0.4, -0.2) is 34.0 Å². The molecule has 0 aliphatic heterocycles. The third kappa shape index (κ3) is 2.28. The molecule has 0 saturated heterocycles. The van der Waals surface area contributed by atoms with Gasteiger partial charge >= 0.3 is 7.12 Å². The number of hydrogen-bond donors (Lipinski definition) is 1. The van der Waals surface area contributed by atoms with Crippen LogP contribution in [0.5, 0.6) is 0 Å². The molecule has 0 spiro atoms. The summed E-state index contributed by atoms with van der Waals surface area (Å²) in [5, 5.41) is 14.3. The second-order valence-corrected chi connectivity index (χ2v) is 4.38. The van der Waals surface area contributed by atoms with Crippen molar-refractivity contribution in [3.63, 3.8) is 0 Å². The van der Waals surface area contributed by atoms with Gasteiger partial charge < -0.3 is 9.68 Å². The zero-order valence-corrected chi connectivity index (χ0v) is 11.0. The maximum atomic E-state index is 13.9. The number of benzene rings is 1. The van der Waals surface area contributed by atoms with E-state index in [4.69, 9.17) is 4.65 Å². The molecule has 8 heteroatoms. The highest BCUT2D eigenvalue weighted by Gasteiger charge is 2.21. The van der Waals surface area contributed by atoms with Crippen molar-refractivity contribution in [2.24, 2.45) is 0 Å². The molecular formula is C13H10BF2N3O2. The molecule has 0 unspecified atom stereocenters. The minimum absolute atomic E-state index is 0.0541. The Labute approximate surface area is 118 Å². The highest BCUT2D eigenvalue weighted by atomic mass is 19.1. The zero-order valence-electron chi connectivity index (χ0n) is 11.0. The summed E-state index contributed by atoms with van der Waals surface area (Å²) in [4.78, 5) is 4.11. The van der Waals surface area contributed by atoms with E-state index in [-0.39, 0.29) is 5.69 Å². The summed E-state index contributed by atoms with van der Waals surface area (Å²) >= 11 is 0. The van der Waals surface area contributed by atoms with Crippen molar-refractivity contribution >= 4 is 23.6 Å². The summed E-state index contributed by atoms with van der Waals surface area (Å²) in [6, 6.07) is 4.65. The summed E-state index contributed by atoms with van der Waals surface area (Å²) in [7, 11) is 0.207. The van der Waals surface area contributed by atoms with Gasteiger partial charge in [-0.1, -0.05) is 0 Å². The Hall–Kier alpha value is -2.32. The van der Waals surface area contributed by atoms with E-state index in [2.05, 4.69) is 10.1 Å². The van der Waals surface area contributed by atoms with Crippen LogP contribution in [0.25, 0.3) is 16.7 Å². The number of aromatic nitrogens is 3. The monoisotopic (exact) mass is 289 g/mol. The average Bonchev–Trinajstić information content (AvgIpc) is 2.92. The van der Waals surface area contributed by atoms with Crippen LogP contribution in [0.15, 0.2) is 36.7 Å². The number of halogens is 2. The lowest BCUT2D eigenvalue weighted by molar-refractivity contribution is 0.342. The zero-order chi connectivity index (χ0) is 15.0. The van der Waals surface area contributed by atoms with Gasteiger partial charge in [-0.25, -0.2) is 18.4 Å². The van der Waals surface area contributed by atoms with Gasteiger partial charge in [-0.3, -0.25) is 0 Å². The van der Waals surface area contributed by atoms with E-state index < -0.39 is 18.8 Å². The first-order chi connectivity index (χ1) is 10.1. The van der Waals surface area contributed by atoms with E-state index in [1.807, 2.05) is 0 Å². The second kappa shape index (κ2) is 5.23. The molecule has 0 amide bonds. The summed E-state index contributed by atoms with van der Waals surface area (Å²) in [6.07, 6.45) is 2.86. The number of rotatable bonds is 3.